The summed E-state index contributed by atoms with van der Waals surface area (Å²) in [5.41, 5.74) is 7.39. The van der Waals surface area contributed by atoms with E-state index in [-0.39, 0.29) is 87.6 Å². The number of carbonyl (C=O) groups excluding carboxylic acids is 2. The molecule has 6 aliphatic rings. The Morgan fingerprint density at radius 1 is 0.402 bits per heavy atom. The Morgan fingerprint density at radius 3 is 1.07 bits per heavy atom. The van der Waals surface area contributed by atoms with Crippen molar-refractivity contribution in [2.24, 2.45) is 0 Å². The number of likely N-dealkylation sites (N-methyl/N-ethyl adjacent to an activating group) is 3. The molecule has 26 heteroatoms. The molecule has 0 aliphatic carbocycles. The molecule has 0 radical (unpaired) electrons. The van der Waals surface area contributed by atoms with Gasteiger partial charge in [-0.1, -0.05) is 113 Å². The number of urea groups is 2. The molecule has 15 atom stereocenters. The maximum absolute atomic E-state index is 13.7. The van der Waals surface area contributed by atoms with E-state index in [4.69, 9.17) is 47.9 Å². The van der Waals surface area contributed by atoms with E-state index in [9.17, 15) is 9.59 Å². The molecule has 4 amide bonds. The lowest BCUT2D eigenvalue weighted by Gasteiger charge is -2.59. The molecule has 0 unspecified atom stereocenters. The van der Waals surface area contributed by atoms with Crippen LogP contribution in [0.15, 0.2) is 185 Å². The zero-order valence-electron chi connectivity index (χ0n) is 69.1. The van der Waals surface area contributed by atoms with Crippen molar-refractivity contribution >= 4 is 55.3 Å². The highest BCUT2D eigenvalue weighted by atomic mass is 79.9. The predicted octanol–water partition coefficient (Wildman–Crippen LogP) is 12.7. The van der Waals surface area contributed by atoms with E-state index in [1.165, 1.54) is 16.7 Å². The number of halogens is 2. The Labute approximate surface area is 712 Å². The molecule has 7 aromatic carbocycles. The van der Waals surface area contributed by atoms with Crippen molar-refractivity contribution in [2.45, 2.75) is 105 Å². The molecule has 0 saturated carbocycles. The summed E-state index contributed by atoms with van der Waals surface area (Å²) in [5.74, 6) is 10.4. The lowest BCUT2D eigenvalue weighted by atomic mass is 9.73. The van der Waals surface area contributed by atoms with Gasteiger partial charge in [-0.15, -0.1) is 5.26 Å². The molecule has 0 spiro atoms. The van der Waals surface area contributed by atoms with Gasteiger partial charge in [0, 0.05) is 194 Å². The maximum atomic E-state index is 13.7. The molecule has 6 aliphatic heterocycles. The van der Waals surface area contributed by atoms with Gasteiger partial charge in [0.05, 0.1) is 58.8 Å². The highest BCUT2D eigenvalue weighted by Gasteiger charge is 2.55. The smallest absolute Gasteiger partial charge is 0.321 e. The Balaban J connectivity index is 0.000000209. The lowest BCUT2D eigenvalue weighted by molar-refractivity contribution is -0.123. The second kappa shape index (κ2) is 46.4. The third-order valence-electron chi connectivity index (χ3n) is 22.7. The topological polar surface area (TPSA) is 212 Å². The van der Waals surface area contributed by atoms with Gasteiger partial charge in [-0.05, 0) is 180 Å². The molecule has 6 fully saturated rings. The molecule has 0 aromatic heterocycles. The number of methoxy groups -OCH3 is 9. The first-order valence-electron chi connectivity index (χ1n) is 39.0. The van der Waals surface area contributed by atoms with Crippen LogP contribution in [0.25, 0.3) is 0 Å². The number of ether oxygens (including phenoxy) is 10. The van der Waals surface area contributed by atoms with Crippen LogP contribution >= 0.6 is 31.9 Å². The van der Waals surface area contributed by atoms with Crippen molar-refractivity contribution in [2.75, 3.05) is 195 Å². The van der Waals surface area contributed by atoms with Crippen LogP contribution in [0.1, 0.15) is 60.4 Å². The van der Waals surface area contributed by atoms with Crippen LogP contribution < -0.4 is 34.9 Å². The molecular formula is C91H124Br2N12O12. The Morgan fingerprint density at radius 2 is 0.718 bits per heavy atom. The quantitative estimate of drug-likeness (QED) is 0.0451. The largest absolute Gasteiger partial charge is 0.497 e. The minimum Gasteiger partial charge on any atom is -0.497 e. The molecule has 0 bridgehead atoms. The van der Waals surface area contributed by atoms with Crippen LogP contribution in [0.4, 0.5) is 21.0 Å². The zero-order valence-corrected chi connectivity index (χ0v) is 72.2. The number of fused-ring (bicyclic) bond motifs is 3. The van der Waals surface area contributed by atoms with Gasteiger partial charge in [-0.2, -0.15) is 0 Å². The fraction of sp³-hybridized carbons (Fsp3) is 0.484. The number of benzene rings is 7. The van der Waals surface area contributed by atoms with Crippen molar-refractivity contribution in [3.63, 3.8) is 0 Å². The normalized spacial score (nSPS) is 24.8. The van der Waals surface area contributed by atoms with E-state index >= 15 is 0 Å². The fourth-order valence-corrected chi connectivity index (χ4v) is 17.3. The highest BCUT2D eigenvalue weighted by Crippen LogP contribution is 2.46. The molecule has 117 heavy (non-hydrogen) atoms. The molecule has 6 saturated heterocycles. The van der Waals surface area contributed by atoms with E-state index in [1.54, 1.807) is 94.5 Å². The molecule has 6 heterocycles. The minimum absolute atomic E-state index is 0. The third-order valence-corrected chi connectivity index (χ3v) is 23.7. The summed E-state index contributed by atoms with van der Waals surface area (Å²) in [6.45, 7) is 9.16. The van der Waals surface area contributed by atoms with Crippen LogP contribution in [-0.4, -0.2) is 309 Å². The Bertz CT molecular complexity index is 4220. The Kier molecular flexibility index (Phi) is 37.4. The van der Waals surface area contributed by atoms with Crippen LogP contribution in [0.2, 0.25) is 0 Å². The third kappa shape index (κ3) is 25.0. The molecule has 13 rings (SSSR count). The van der Waals surface area contributed by atoms with E-state index in [2.05, 4.69) is 209 Å². The van der Waals surface area contributed by atoms with Crippen LogP contribution in [0.3, 0.4) is 0 Å². The number of amides is 4. The van der Waals surface area contributed by atoms with Gasteiger partial charge >= 0.3 is 12.1 Å². The van der Waals surface area contributed by atoms with Gasteiger partial charge < -0.3 is 87.8 Å². The molecule has 7 aromatic rings. The van der Waals surface area contributed by atoms with Gasteiger partial charge in [0.15, 0.2) is 0 Å². The van der Waals surface area contributed by atoms with Gasteiger partial charge in [0.25, 0.3) is 6.26 Å². The number of carbonyl (C=O) groups is 2. The first-order chi connectivity index (χ1) is 55.6. The van der Waals surface area contributed by atoms with Gasteiger partial charge in [-0.25, -0.2) is 9.59 Å². The summed E-state index contributed by atoms with van der Waals surface area (Å²) in [4.78, 5) is 45.3. The Hall–Kier alpha value is -8.23. The maximum Gasteiger partial charge on any atom is 0.321 e. The molecule has 24 nitrogen and oxygen atoms in total. The second-order valence-electron chi connectivity index (χ2n) is 30.5. The van der Waals surface area contributed by atoms with Crippen LogP contribution in [0.5, 0.6) is 23.0 Å². The first-order valence-corrected chi connectivity index (χ1v) is 40.6. The summed E-state index contributed by atoms with van der Waals surface area (Å²) in [6.07, 6.45) is 0.957. The monoisotopic (exact) mass is 1730 g/mol. The molecule has 3 N–H and O–H groups in total. The number of nitrogens with zero attached hydrogens (tertiary/aromatic N) is 9. The molecule has 634 valence electrons. The van der Waals surface area contributed by atoms with Crippen LogP contribution in [-0.2, 0) is 28.4 Å². The number of anilines is 2. The standard InChI is InChI=1S/C35H42N4O4.C27H37BrN4O4.C19H30BrN3O2.C8H7NO2.2CH4/c1-37(2)21-30-34(27-15-13-26(14-16-27)12-11-25-9-7-6-8-10-25)31-22-38(23-32(42-4)33(43-5)24-39(30)31)35(40)36-28-17-19-29(41-3)20-18-28;1-30(2)14-22-26(18-6-8-19(28)9-7-18)23-15-31(16-24(35-4)25(36-5)17-32(22)23)27(33)29-20-10-12-21(34-3)13-11-20;1-22(2)11-16-19(13-5-7-14(20)8-6-13)15-9-21-10-17(24-3)18(25-4)12-23(15)16;1-10-7-2-4-8(5-3-7)11-6-9;;/h6-10,13-20,30-34H,21-24H2,1-5H3,(H,36,40);6-13,22-26H,14-17H2,1-5H3,(H,29,33);5-8,15-19,21H,9-12H2,1-4H3;2-5H,1H3;2*1H4/t30-,31+,32-,33+,34+;22-,23+,24-,25+,26+;15-,16+,17+,18-,19+;;;/m110.../s1. The fourth-order valence-electron chi connectivity index (χ4n) is 16.8. The first kappa shape index (κ1) is 94.3. The van der Waals surface area contributed by atoms with Gasteiger partial charge in [0.1, 0.15) is 35.2 Å². The van der Waals surface area contributed by atoms with Gasteiger partial charge in [0.2, 0.25) is 0 Å². The van der Waals surface area contributed by atoms with Crippen molar-refractivity contribution in [3.05, 3.63) is 213 Å². The summed E-state index contributed by atoms with van der Waals surface area (Å²) < 4.78 is 57.2. The van der Waals surface area contributed by atoms with E-state index < -0.39 is 0 Å². The number of nitrogens with one attached hydrogen (secondary N) is 3. The van der Waals surface area contributed by atoms with Crippen molar-refractivity contribution < 1.29 is 57.0 Å². The summed E-state index contributed by atoms with van der Waals surface area (Å²) in [5, 5.41) is 17.9. The summed E-state index contributed by atoms with van der Waals surface area (Å²) in [6, 6.07) is 59.2. The predicted molar refractivity (Wildman–Crippen MR) is 471 cm³/mol. The molecular weight excluding hydrogens is 1610 g/mol. The SMILES string of the molecule is C.C.CO[C@H]1CN2[C@H](CN(C)C)[C@H](c3ccc(Br)cc3)[C@@H]2CNC[C@H]1OC.COc1ccc(NC(=O)N2C[C@@H](OC)[C@@H](OC)CN3[C@H](CN(C)C)[C@H](c4ccc(Br)cc4)[C@@H]3C2)cc1.COc1ccc(NC(=O)N2C[C@@H](OC)[C@@H](OC)CN3[C@H](CN(C)C)[C@H](c4ccc(C#Cc5ccccc5)cc4)[C@@H]3C2)cc1.COc1ccc(OC#N)cc1. The number of rotatable bonds is 21. The van der Waals surface area contributed by atoms with Crippen LogP contribution in [0, 0.1) is 23.4 Å². The van der Waals surface area contributed by atoms with Gasteiger partial charge in [-0.3, -0.25) is 14.7 Å². The van der Waals surface area contributed by atoms with Crippen molar-refractivity contribution in [1.82, 2.24) is 44.5 Å². The lowest BCUT2D eigenvalue weighted by Crippen LogP contribution is -2.72. The van der Waals surface area contributed by atoms with E-state index in [0.717, 1.165) is 95.4 Å². The minimum atomic E-state index is -0.255. The summed E-state index contributed by atoms with van der Waals surface area (Å²) in [7, 11) is 28.0. The summed E-state index contributed by atoms with van der Waals surface area (Å²) >= 11 is 7.12. The van der Waals surface area contributed by atoms with E-state index in [1.807, 2.05) is 88.7 Å². The highest BCUT2D eigenvalue weighted by molar-refractivity contribution is 9.10. The van der Waals surface area contributed by atoms with Crippen molar-refractivity contribution in [3.8, 4) is 41.1 Å². The van der Waals surface area contributed by atoms with Crippen molar-refractivity contribution in [1.29, 1.82) is 5.26 Å². The zero-order chi connectivity index (χ0) is 82.2. The second-order valence-corrected chi connectivity index (χ2v) is 32.3. The van der Waals surface area contributed by atoms with E-state index in [0.29, 0.717) is 67.6 Å². The average molecular weight is 1740 g/mol. The number of nitriles is 1. The number of hydrogen-bond donors (Lipinski definition) is 3. The average Bonchev–Trinajstić information content (AvgIpc) is 0.739. The number of hydrogen-bond acceptors (Lipinski definition) is 20.